The molecule has 0 aliphatic rings. The van der Waals surface area contributed by atoms with Crippen LogP contribution in [0.4, 0.5) is 13.2 Å². The Morgan fingerprint density at radius 3 is 1.94 bits per heavy atom. The summed E-state index contributed by atoms with van der Waals surface area (Å²) in [7, 11) is 0. The van der Waals surface area contributed by atoms with Crippen LogP contribution in [-0.2, 0) is 31.1 Å². The number of hydrogen-bond acceptors (Lipinski definition) is 3. The van der Waals surface area contributed by atoms with Crippen LogP contribution in [-0.4, -0.2) is 29.1 Å². The van der Waals surface area contributed by atoms with E-state index in [9.17, 15) is 23.1 Å². The number of pyridine rings is 1. The first-order chi connectivity index (χ1) is 22.7. The second-order valence-corrected chi connectivity index (χ2v) is 26.4. The topological polar surface area (TPSA) is 50.2 Å². The monoisotopic (exact) mass is 917 g/mol. The van der Waals surface area contributed by atoms with Crippen molar-refractivity contribution in [3.63, 3.8) is 0 Å². The number of nitrogens with zero attached hydrogens (tertiary/aromatic N) is 1. The molecule has 0 unspecified atom stereocenters. The maximum Gasteiger partial charge on any atom is 0 e. The molecule has 50 heavy (non-hydrogen) atoms. The molecule has 0 spiro atoms. The SMILES string of the molecule is CC(C)(C)C(=O)/C=C(\O)C(C)(C)C.[CH3][Ge]([CH3])([CH3])[c]1ccc2c(ccc3c4ccnc(-c5[c-]c6ccccc6c(C(F)(F)F)c5)c4ccc23)c1.[Ir]. The predicted octanol–water partition coefficient (Wildman–Crippen LogP) is 11.8. The molecule has 3 nitrogen and oxygen atoms in total. The van der Waals surface area contributed by atoms with Gasteiger partial charge in [-0.05, 0) is 0 Å². The van der Waals surface area contributed by atoms with Crippen molar-refractivity contribution in [3.8, 4) is 11.3 Å². The molecule has 0 amide bonds. The molecule has 0 bridgehead atoms. The van der Waals surface area contributed by atoms with Crippen LogP contribution in [0.1, 0.15) is 47.1 Å². The Morgan fingerprint density at radius 2 is 1.32 bits per heavy atom. The second kappa shape index (κ2) is 14.2. The van der Waals surface area contributed by atoms with Gasteiger partial charge in [-0.3, -0.25) is 4.79 Å². The van der Waals surface area contributed by atoms with Gasteiger partial charge in [-0.25, -0.2) is 0 Å². The molecule has 0 saturated carbocycles. The van der Waals surface area contributed by atoms with Crippen LogP contribution in [0.3, 0.4) is 0 Å². The summed E-state index contributed by atoms with van der Waals surface area (Å²) in [6, 6.07) is 27.9. The van der Waals surface area contributed by atoms with Crippen molar-refractivity contribution < 1.29 is 43.2 Å². The number of carbonyl (C=O) groups is 1. The number of alkyl halides is 3. The molecule has 0 fully saturated rings. The van der Waals surface area contributed by atoms with Crippen molar-refractivity contribution in [2.24, 2.45) is 10.8 Å². The first-order valence-corrected chi connectivity index (χ1v) is 23.7. The van der Waals surface area contributed by atoms with E-state index in [4.69, 9.17) is 0 Å². The van der Waals surface area contributed by atoms with Crippen molar-refractivity contribution in [3.05, 3.63) is 109 Å². The Morgan fingerprint density at radius 1 is 0.740 bits per heavy atom. The van der Waals surface area contributed by atoms with E-state index in [0.717, 1.165) is 21.5 Å². The fraction of sp³-hybridized carbons (Fsp3) is 0.286. The summed E-state index contributed by atoms with van der Waals surface area (Å²) in [6.07, 6.45) is -1.47. The number of aromatic nitrogens is 1. The van der Waals surface area contributed by atoms with Gasteiger partial charge < -0.3 is 5.11 Å². The van der Waals surface area contributed by atoms with Crippen LogP contribution >= 0.6 is 0 Å². The normalized spacial score (nSPS) is 12.9. The summed E-state index contributed by atoms with van der Waals surface area (Å²) in [5.41, 5.74) is -0.591. The molecule has 8 heteroatoms. The number of halogens is 3. The molecule has 6 aromatic rings. The number of aliphatic hydroxyl groups excluding tert-OH is 1. The predicted molar refractivity (Wildman–Crippen MR) is 201 cm³/mol. The first kappa shape index (κ1) is 39.3. The van der Waals surface area contributed by atoms with Gasteiger partial charge in [0.25, 0.3) is 0 Å². The standard InChI is InChI=1S/C31H23F3GeN.C11H20O2.Ir/c1-35(2,3)22-9-11-23-20(17-22)8-10-26-25(23)12-13-28-27(26)14-15-36-30(28)21-16-19-6-4-5-7-24(19)29(18-21)31(32,33)34;1-10(2,3)8(12)7-9(13)11(4,5)6;/h4-15,17-18H,1-3H3;7,12H,1-6H3;/q-1;;/b;8-7-;. The van der Waals surface area contributed by atoms with Gasteiger partial charge in [-0.2, -0.15) is 13.2 Å². The number of hydrogen-bond donors (Lipinski definition) is 1. The summed E-state index contributed by atoms with van der Waals surface area (Å²) in [4.78, 5) is 16.0. The fourth-order valence-corrected chi connectivity index (χ4v) is 8.10. The van der Waals surface area contributed by atoms with E-state index in [1.807, 2.05) is 53.7 Å². The molecule has 0 aliphatic heterocycles. The van der Waals surface area contributed by atoms with E-state index in [1.54, 1.807) is 24.4 Å². The molecule has 5 aromatic carbocycles. The average molecular weight is 916 g/mol. The van der Waals surface area contributed by atoms with Crippen LogP contribution in [0.25, 0.3) is 54.3 Å². The zero-order chi connectivity index (χ0) is 36.1. The van der Waals surface area contributed by atoms with Crippen LogP contribution in [0.2, 0.25) is 17.3 Å². The van der Waals surface area contributed by atoms with Gasteiger partial charge in [-0.1, -0.05) is 65.1 Å². The van der Waals surface area contributed by atoms with Gasteiger partial charge >= 0.3 is 167 Å². The molecule has 1 heterocycles. The van der Waals surface area contributed by atoms with Gasteiger partial charge in [0.1, 0.15) is 5.76 Å². The Balaban J connectivity index is 0.000000345. The van der Waals surface area contributed by atoms with Crippen molar-refractivity contribution in [1.29, 1.82) is 0 Å². The zero-order valence-corrected chi connectivity index (χ0v) is 34.4. The summed E-state index contributed by atoms with van der Waals surface area (Å²) in [5, 5.41) is 16.5. The third-order valence-corrected chi connectivity index (χ3v) is 13.0. The van der Waals surface area contributed by atoms with Gasteiger partial charge in [0, 0.05) is 37.0 Å². The van der Waals surface area contributed by atoms with Crippen molar-refractivity contribution in [2.75, 3.05) is 0 Å². The molecule has 0 aliphatic carbocycles. The van der Waals surface area contributed by atoms with Crippen molar-refractivity contribution in [2.45, 2.75) is 65.0 Å². The maximum atomic E-state index is 14.0. The maximum absolute atomic E-state index is 14.0. The minimum atomic E-state index is -4.48. The molecule has 0 atom stereocenters. The number of aliphatic hydroxyl groups is 1. The summed E-state index contributed by atoms with van der Waals surface area (Å²) in [5.74, 6) is 7.27. The number of benzene rings is 5. The minimum Gasteiger partial charge on any atom is 0 e. The number of rotatable bonds is 3. The molecule has 263 valence electrons. The third-order valence-electron chi connectivity index (χ3n) is 8.74. The number of carbonyl (C=O) groups excluding carboxylic acids is 1. The van der Waals surface area contributed by atoms with E-state index >= 15 is 0 Å². The van der Waals surface area contributed by atoms with Crippen LogP contribution in [0, 0.1) is 16.9 Å². The number of allylic oxidation sites excluding steroid dienone is 2. The van der Waals surface area contributed by atoms with Crippen LogP contribution in [0.5, 0.6) is 0 Å². The quantitative estimate of drug-likeness (QED) is 0.0633. The molecule has 1 aromatic heterocycles. The number of ketones is 1. The average Bonchev–Trinajstić information content (AvgIpc) is 3.01. The largest absolute Gasteiger partial charge is 0 e. The zero-order valence-electron chi connectivity index (χ0n) is 29.9. The van der Waals surface area contributed by atoms with Gasteiger partial charge in [-0.15, -0.1) is 6.07 Å². The summed E-state index contributed by atoms with van der Waals surface area (Å²) < 4.78 is 43.3. The van der Waals surface area contributed by atoms with Gasteiger partial charge in [0.15, 0.2) is 5.78 Å². The molecular weight excluding hydrogens is 872 g/mol. The fourth-order valence-electron chi connectivity index (χ4n) is 5.64. The van der Waals surface area contributed by atoms with Gasteiger partial charge in [0.2, 0.25) is 0 Å². The third kappa shape index (κ3) is 8.33. The second-order valence-electron chi connectivity index (χ2n) is 15.7. The van der Waals surface area contributed by atoms with Crippen molar-refractivity contribution >= 4 is 66.5 Å². The van der Waals surface area contributed by atoms with E-state index in [2.05, 4.69) is 64.7 Å². The van der Waals surface area contributed by atoms with E-state index < -0.39 is 30.4 Å². The Hall–Kier alpha value is -3.52. The van der Waals surface area contributed by atoms with Crippen LogP contribution < -0.4 is 4.40 Å². The van der Waals surface area contributed by atoms with Crippen molar-refractivity contribution in [1.82, 2.24) is 4.98 Å². The molecule has 0 saturated heterocycles. The van der Waals surface area contributed by atoms with Crippen LogP contribution in [0.15, 0.2) is 96.9 Å². The molecule has 6 rings (SSSR count). The Labute approximate surface area is 308 Å². The summed E-state index contributed by atoms with van der Waals surface area (Å²) in [6.45, 7) is 11.1. The Bertz CT molecular complexity index is 2260. The minimum absolute atomic E-state index is 0. The molecule has 1 N–H and O–H groups in total. The summed E-state index contributed by atoms with van der Waals surface area (Å²) >= 11 is -1.96. The van der Waals surface area contributed by atoms with E-state index in [-0.39, 0.29) is 42.4 Å². The smallest absolute Gasteiger partial charge is 0 e. The van der Waals surface area contributed by atoms with E-state index in [0.29, 0.717) is 16.6 Å². The molecule has 1 radical (unpaired) electrons. The molecular formula is C42H43F3GeIrNO2-. The Kier molecular flexibility index (Phi) is 11.2. The first-order valence-electron chi connectivity index (χ1n) is 16.4. The van der Waals surface area contributed by atoms with E-state index in [1.165, 1.54) is 33.4 Å². The number of fused-ring (bicyclic) bond motifs is 6. The van der Waals surface area contributed by atoms with Gasteiger partial charge in [0.05, 0.1) is 0 Å².